The van der Waals surface area contributed by atoms with Crippen molar-refractivity contribution < 1.29 is 4.74 Å². The highest BCUT2D eigenvalue weighted by atomic mass is 127. The molecule has 0 atom stereocenters. The fourth-order valence-electron chi connectivity index (χ4n) is 2.57. The fraction of sp³-hybridized carbons (Fsp3) is 0.500. The molecule has 2 aromatic rings. The molecule has 27 heavy (non-hydrogen) atoms. The molecule has 0 aliphatic rings. The molecule has 0 amide bonds. The first-order valence-corrected chi connectivity index (χ1v) is 9.11. The van der Waals surface area contributed by atoms with Gasteiger partial charge in [0.25, 0.3) is 0 Å². The Morgan fingerprint density at radius 2 is 2.22 bits per heavy atom. The van der Waals surface area contributed by atoms with Gasteiger partial charge in [-0.05, 0) is 17.7 Å². The van der Waals surface area contributed by atoms with Crippen LogP contribution in [0.2, 0.25) is 5.02 Å². The van der Waals surface area contributed by atoms with Gasteiger partial charge in [0.05, 0.1) is 13.2 Å². The van der Waals surface area contributed by atoms with Crippen LogP contribution in [0.15, 0.2) is 35.6 Å². The summed E-state index contributed by atoms with van der Waals surface area (Å²) in [4.78, 5) is 6.70. The lowest BCUT2D eigenvalue weighted by Crippen LogP contribution is -2.40. The number of guanidine groups is 1. The summed E-state index contributed by atoms with van der Waals surface area (Å²) in [7, 11) is 3.69. The number of aliphatic imine (C=N–C) groups is 1. The van der Waals surface area contributed by atoms with Crippen LogP contribution in [0.5, 0.6) is 0 Å². The van der Waals surface area contributed by atoms with Gasteiger partial charge in [0.1, 0.15) is 12.2 Å². The lowest BCUT2D eigenvalue weighted by atomic mass is 10.2. The van der Waals surface area contributed by atoms with E-state index >= 15 is 0 Å². The fourth-order valence-corrected chi connectivity index (χ4v) is 2.78. The van der Waals surface area contributed by atoms with Crippen LogP contribution in [-0.4, -0.2) is 59.5 Å². The Morgan fingerprint density at radius 1 is 1.41 bits per heavy atom. The first-order chi connectivity index (χ1) is 12.6. The largest absolute Gasteiger partial charge is 0.383 e. The van der Waals surface area contributed by atoms with Crippen molar-refractivity contribution >= 4 is 41.5 Å². The first-order valence-electron chi connectivity index (χ1n) is 8.73. The van der Waals surface area contributed by atoms with Gasteiger partial charge in [0.15, 0.2) is 5.96 Å². The molecule has 1 aromatic carbocycles. The van der Waals surface area contributed by atoms with Crippen LogP contribution in [-0.2, 0) is 24.2 Å². The number of nitrogens with one attached hydrogen (secondary N) is 1. The van der Waals surface area contributed by atoms with Crippen molar-refractivity contribution in [1.82, 2.24) is 25.0 Å². The third kappa shape index (κ3) is 8.02. The van der Waals surface area contributed by atoms with Crippen molar-refractivity contribution in [1.29, 1.82) is 0 Å². The number of aryl methyl sites for hydroxylation is 1. The van der Waals surface area contributed by atoms with Crippen molar-refractivity contribution in [2.45, 2.75) is 26.4 Å². The van der Waals surface area contributed by atoms with E-state index in [1.165, 1.54) is 0 Å². The number of aromatic nitrogens is 3. The second-order valence-corrected chi connectivity index (χ2v) is 6.34. The van der Waals surface area contributed by atoms with E-state index in [0.717, 1.165) is 41.9 Å². The molecule has 0 spiro atoms. The van der Waals surface area contributed by atoms with E-state index in [9.17, 15) is 0 Å². The number of hydrogen-bond acceptors (Lipinski definition) is 4. The van der Waals surface area contributed by atoms with Crippen LogP contribution in [0, 0.1) is 0 Å². The van der Waals surface area contributed by atoms with E-state index in [1.54, 1.807) is 13.4 Å². The lowest BCUT2D eigenvalue weighted by Gasteiger charge is -2.23. The Morgan fingerprint density at radius 3 is 2.93 bits per heavy atom. The molecule has 0 saturated heterocycles. The van der Waals surface area contributed by atoms with Gasteiger partial charge in [-0.3, -0.25) is 4.99 Å². The van der Waals surface area contributed by atoms with E-state index in [2.05, 4.69) is 43.0 Å². The molecular weight excluding hydrogens is 479 g/mol. The predicted octanol–water partition coefficient (Wildman–Crippen LogP) is 2.84. The molecule has 1 N–H and O–H groups in total. The summed E-state index contributed by atoms with van der Waals surface area (Å²) >= 11 is 6.08. The molecule has 0 aliphatic heterocycles. The van der Waals surface area contributed by atoms with Gasteiger partial charge in [-0.2, -0.15) is 0 Å². The zero-order valence-electron chi connectivity index (χ0n) is 16.1. The maximum atomic E-state index is 6.08. The molecule has 0 fully saturated rings. The van der Waals surface area contributed by atoms with Crippen LogP contribution >= 0.6 is 35.6 Å². The van der Waals surface area contributed by atoms with Crippen molar-refractivity contribution in [3.05, 3.63) is 47.0 Å². The van der Waals surface area contributed by atoms with Gasteiger partial charge in [0.2, 0.25) is 0 Å². The highest BCUT2D eigenvalue weighted by molar-refractivity contribution is 14.0. The second-order valence-electron chi connectivity index (χ2n) is 5.91. The number of methoxy groups -OCH3 is 1. The van der Waals surface area contributed by atoms with Gasteiger partial charge in [-0.15, -0.1) is 34.2 Å². The average Bonchev–Trinajstić information content (AvgIpc) is 3.08. The van der Waals surface area contributed by atoms with Crippen LogP contribution in [0.4, 0.5) is 0 Å². The highest BCUT2D eigenvalue weighted by Gasteiger charge is 2.08. The van der Waals surface area contributed by atoms with Crippen LogP contribution in [0.3, 0.4) is 0 Å². The summed E-state index contributed by atoms with van der Waals surface area (Å²) in [5.41, 5.74) is 1.13. The van der Waals surface area contributed by atoms with E-state index in [0.29, 0.717) is 19.7 Å². The minimum atomic E-state index is 0. The molecule has 0 saturated carbocycles. The summed E-state index contributed by atoms with van der Waals surface area (Å²) in [6.45, 7) is 5.49. The Kier molecular flexibility index (Phi) is 11.3. The number of halogens is 2. The zero-order valence-corrected chi connectivity index (χ0v) is 19.1. The number of rotatable bonds is 9. The standard InChI is InChI=1S/C18H27ClN6O.HI/c1-4-17-23-22-14-25(17)10-8-20-18(21-9-11-26-3)24(2)13-15-6-5-7-16(19)12-15;/h5-7,12,14H,4,8-11,13H2,1-3H3,(H,20,21);1H. The van der Waals surface area contributed by atoms with Crippen LogP contribution < -0.4 is 5.32 Å². The Hall–Kier alpha value is -1.39. The molecule has 2 rings (SSSR count). The minimum Gasteiger partial charge on any atom is -0.383 e. The summed E-state index contributed by atoms with van der Waals surface area (Å²) < 4.78 is 7.16. The maximum Gasteiger partial charge on any atom is 0.194 e. The Labute approximate surface area is 183 Å². The summed E-state index contributed by atoms with van der Waals surface area (Å²) in [5.74, 6) is 1.81. The smallest absolute Gasteiger partial charge is 0.194 e. The van der Waals surface area contributed by atoms with E-state index < -0.39 is 0 Å². The normalized spacial score (nSPS) is 11.2. The predicted molar refractivity (Wildman–Crippen MR) is 120 cm³/mol. The number of ether oxygens (including phenoxy) is 1. The number of benzene rings is 1. The molecule has 7 nitrogen and oxygen atoms in total. The Balaban J connectivity index is 0.00000364. The minimum absolute atomic E-state index is 0. The van der Waals surface area contributed by atoms with Crippen molar-refractivity contribution in [2.75, 3.05) is 33.9 Å². The van der Waals surface area contributed by atoms with Gasteiger partial charge in [-0.25, -0.2) is 0 Å². The first kappa shape index (κ1) is 23.6. The molecule has 150 valence electrons. The van der Waals surface area contributed by atoms with Gasteiger partial charge in [-0.1, -0.05) is 30.7 Å². The van der Waals surface area contributed by atoms with Crippen LogP contribution in [0.25, 0.3) is 0 Å². The molecule has 1 heterocycles. The monoisotopic (exact) mass is 506 g/mol. The summed E-state index contributed by atoms with van der Waals surface area (Å²) in [5, 5.41) is 12.2. The summed E-state index contributed by atoms with van der Waals surface area (Å²) in [6.07, 6.45) is 2.63. The lowest BCUT2D eigenvalue weighted by molar-refractivity contribution is 0.207. The second kappa shape index (κ2) is 12.9. The molecule has 0 aliphatic carbocycles. The van der Waals surface area contributed by atoms with Crippen molar-refractivity contribution in [2.24, 2.45) is 4.99 Å². The summed E-state index contributed by atoms with van der Waals surface area (Å²) in [6, 6.07) is 7.86. The van der Waals surface area contributed by atoms with Gasteiger partial charge < -0.3 is 19.5 Å². The van der Waals surface area contributed by atoms with Gasteiger partial charge >= 0.3 is 0 Å². The van der Waals surface area contributed by atoms with Crippen molar-refractivity contribution in [3.63, 3.8) is 0 Å². The molecule has 0 unspecified atom stereocenters. The zero-order chi connectivity index (χ0) is 18.8. The molecule has 0 bridgehead atoms. The van der Waals surface area contributed by atoms with Crippen molar-refractivity contribution in [3.8, 4) is 0 Å². The number of nitrogens with zero attached hydrogens (tertiary/aromatic N) is 5. The quantitative estimate of drug-likeness (QED) is 0.245. The Bertz CT molecular complexity index is 709. The SMILES string of the molecule is CCc1nncn1CCNC(=NCCOC)N(C)Cc1cccc(Cl)c1.I. The highest BCUT2D eigenvalue weighted by Crippen LogP contribution is 2.12. The third-order valence-corrected chi connectivity index (χ3v) is 4.11. The molecule has 1 aromatic heterocycles. The molecular formula is C18H28ClIN6O. The topological polar surface area (TPSA) is 67.6 Å². The average molecular weight is 507 g/mol. The van der Waals surface area contributed by atoms with Crippen LogP contribution in [0.1, 0.15) is 18.3 Å². The molecule has 9 heteroatoms. The van der Waals surface area contributed by atoms with E-state index in [-0.39, 0.29) is 24.0 Å². The maximum absolute atomic E-state index is 6.08. The van der Waals surface area contributed by atoms with Gasteiger partial charge in [0, 0.05) is 45.2 Å². The van der Waals surface area contributed by atoms with E-state index in [1.807, 2.05) is 25.2 Å². The van der Waals surface area contributed by atoms with E-state index in [4.69, 9.17) is 16.3 Å². The number of hydrogen-bond donors (Lipinski definition) is 1. The third-order valence-electron chi connectivity index (χ3n) is 3.88. The molecule has 0 radical (unpaired) electrons.